The van der Waals surface area contributed by atoms with E-state index in [1.165, 1.54) is 11.1 Å². The minimum absolute atomic E-state index is 0.0112. The highest BCUT2D eigenvalue weighted by Gasteiger charge is 2.08. The van der Waals surface area contributed by atoms with E-state index in [1.54, 1.807) is 26.0 Å². The van der Waals surface area contributed by atoms with E-state index in [2.05, 4.69) is 53.7 Å². The predicted molar refractivity (Wildman–Crippen MR) is 112 cm³/mol. The fourth-order valence-corrected chi connectivity index (χ4v) is 2.69. The van der Waals surface area contributed by atoms with Gasteiger partial charge in [0.1, 0.15) is 0 Å². The Bertz CT molecular complexity index is 764. The van der Waals surface area contributed by atoms with Crippen molar-refractivity contribution in [2.24, 2.45) is 4.99 Å². The Hall–Kier alpha value is -2.82. The van der Waals surface area contributed by atoms with E-state index in [9.17, 15) is 4.79 Å². The summed E-state index contributed by atoms with van der Waals surface area (Å²) in [7, 11) is 5.28. The smallest absolute Gasteiger partial charge is 0.253 e. The molecule has 0 saturated carbocycles. The molecule has 0 aliphatic carbocycles. The van der Waals surface area contributed by atoms with Crippen LogP contribution in [-0.4, -0.2) is 44.5 Å². The van der Waals surface area contributed by atoms with Crippen LogP contribution in [0.15, 0.2) is 53.5 Å². The molecular formula is C22H30N4O. The second-order valence-corrected chi connectivity index (χ2v) is 7.01. The fourth-order valence-electron chi connectivity index (χ4n) is 2.69. The van der Waals surface area contributed by atoms with Crippen molar-refractivity contribution < 1.29 is 4.79 Å². The molecular weight excluding hydrogens is 336 g/mol. The van der Waals surface area contributed by atoms with Crippen molar-refractivity contribution >= 4 is 11.9 Å². The van der Waals surface area contributed by atoms with Crippen molar-refractivity contribution in [2.75, 3.05) is 27.7 Å². The minimum atomic E-state index is 0.0112. The van der Waals surface area contributed by atoms with Gasteiger partial charge < -0.3 is 15.5 Å². The Morgan fingerprint density at radius 2 is 1.67 bits per heavy atom. The van der Waals surface area contributed by atoms with Crippen molar-refractivity contribution in [3.8, 4) is 0 Å². The Labute approximate surface area is 162 Å². The number of carbonyl (C=O) groups is 1. The zero-order valence-electron chi connectivity index (χ0n) is 16.9. The van der Waals surface area contributed by atoms with Crippen LogP contribution in [0.4, 0.5) is 0 Å². The molecule has 0 heterocycles. The van der Waals surface area contributed by atoms with Gasteiger partial charge in [0.2, 0.25) is 0 Å². The molecule has 0 fully saturated rings. The molecule has 2 aromatic carbocycles. The number of nitrogens with one attached hydrogen (secondary N) is 2. The summed E-state index contributed by atoms with van der Waals surface area (Å²) in [6, 6.07) is 16.3. The Kier molecular flexibility index (Phi) is 7.41. The Balaban J connectivity index is 1.84. The van der Waals surface area contributed by atoms with E-state index in [-0.39, 0.29) is 5.91 Å². The highest BCUT2D eigenvalue weighted by atomic mass is 16.2. The summed E-state index contributed by atoms with van der Waals surface area (Å²) in [4.78, 5) is 17.8. The highest BCUT2D eigenvalue weighted by molar-refractivity contribution is 5.93. The zero-order chi connectivity index (χ0) is 19.8. The van der Waals surface area contributed by atoms with Crippen LogP contribution in [0.3, 0.4) is 0 Å². The monoisotopic (exact) mass is 366 g/mol. The molecule has 0 aliphatic heterocycles. The minimum Gasteiger partial charge on any atom is -0.356 e. The third kappa shape index (κ3) is 6.13. The van der Waals surface area contributed by atoms with Gasteiger partial charge in [-0.05, 0) is 36.1 Å². The first-order chi connectivity index (χ1) is 12.9. The van der Waals surface area contributed by atoms with Crippen molar-refractivity contribution in [2.45, 2.75) is 26.3 Å². The molecule has 1 atom stereocenters. The van der Waals surface area contributed by atoms with Gasteiger partial charge in [0.05, 0.1) is 0 Å². The predicted octanol–water partition coefficient (Wildman–Crippen LogP) is 3.17. The molecule has 0 aliphatic rings. The third-order valence-corrected chi connectivity index (χ3v) is 4.51. The van der Waals surface area contributed by atoms with Gasteiger partial charge in [0.25, 0.3) is 5.91 Å². The second kappa shape index (κ2) is 9.76. The molecule has 0 radical (unpaired) electrons. The second-order valence-electron chi connectivity index (χ2n) is 7.01. The Morgan fingerprint density at radius 3 is 2.22 bits per heavy atom. The van der Waals surface area contributed by atoms with Crippen LogP contribution >= 0.6 is 0 Å². The molecule has 5 nitrogen and oxygen atoms in total. The number of rotatable bonds is 6. The lowest BCUT2D eigenvalue weighted by molar-refractivity contribution is 0.0827. The number of guanidine groups is 1. The number of hydrogen-bond donors (Lipinski definition) is 2. The molecule has 2 aromatic rings. The quantitative estimate of drug-likeness (QED) is 0.610. The van der Waals surface area contributed by atoms with Gasteiger partial charge in [-0.15, -0.1) is 0 Å². The van der Waals surface area contributed by atoms with Crippen LogP contribution in [0.2, 0.25) is 0 Å². The van der Waals surface area contributed by atoms with Gasteiger partial charge in [-0.2, -0.15) is 0 Å². The molecule has 5 heteroatoms. The number of nitrogens with zero attached hydrogens (tertiary/aromatic N) is 2. The number of aliphatic imine (C=N–C) groups is 1. The lowest BCUT2D eigenvalue weighted by atomic mass is 10.0. The molecule has 1 amide bonds. The average Bonchev–Trinajstić information content (AvgIpc) is 2.68. The number of amides is 1. The first-order valence-corrected chi connectivity index (χ1v) is 9.22. The summed E-state index contributed by atoms with van der Waals surface area (Å²) in [5, 5.41) is 6.69. The molecule has 144 valence electrons. The molecule has 2 rings (SSSR count). The van der Waals surface area contributed by atoms with E-state index in [4.69, 9.17) is 0 Å². The number of hydrogen-bond acceptors (Lipinski definition) is 2. The summed E-state index contributed by atoms with van der Waals surface area (Å²) >= 11 is 0. The number of benzene rings is 2. The Morgan fingerprint density at radius 1 is 1.04 bits per heavy atom. The standard InChI is InChI=1S/C22H30N4O/c1-16-6-10-19(11-7-16)17(2)14-24-22(23-3)25-15-18-8-12-20(13-9-18)21(27)26(4)5/h6-13,17H,14-15H2,1-5H3,(H2,23,24,25). The lowest BCUT2D eigenvalue weighted by Crippen LogP contribution is -2.38. The average molecular weight is 367 g/mol. The zero-order valence-corrected chi connectivity index (χ0v) is 16.9. The summed E-state index contributed by atoms with van der Waals surface area (Å²) in [6.07, 6.45) is 0. The van der Waals surface area contributed by atoms with Crippen LogP contribution in [0, 0.1) is 6.92 Å². The third-order valence-electron chi connectivity index (χ3n) is 4.51. The van der Waals surface area contributed by atoms with Crippen molar-refractivity contribution in [1.29, 1.82) is 0 Å². The first kappa shape index (κ1) is 20.5. The molecule has 27 heavy (non-hydrogen) atoms. The summed E-state index contributed by atoms with van der Waals surface area (Å²) < 4.78 is 0. The maximum atomic E-state index is 11.9. The first-order valence-electron chi connectivity index (χ1n) is 9.22. The topological polar surface area (TPSA) is 56.7 Å². The molecule has 2 N–H and O–H groups in total. The van der Waals surface area contributed by atoms with E-state index in [0.717, 1.165) is 18.1 Å². The van der Waals surface area contributed by atoms with Crippen molar-refractivity contribution in [3.05, 3.63) is 70.8 Å². The van der Waals surface area contributed by atoms with Crippen LogP contribution in [0.1, 0.15) is 39.9 Å². The highest BCUT2D eigenvalue weighted by Crippen LogP contribution is 2.14. The number of aryl methyl sites for hydroxylation is 1. The molecule has 0 spiro atoms. The summed E-state index contributed by atoms with van der Waals surface area (Å²) in [5.74, 6) is 1.17. The molecule has 0 saturated heterocycles. The maximum absolute atomic E-state index is 11.9. The van der Waals surface area contributed by atoms with Gasteiger partial charge >= 0.3 is 0 Å². The van der Waals surface area contributed by atoms with Crippen molar-refractivity contribution in [3.63, 3.8) is 0 Å². The van der Waals surface area contributed by atoms with E-state index in [0.29, 0.717) is 18.0 Å². The SMILES string of the molecule is CN=C(NCc1ccc(C(=O)N(C)C)cc1)NCC(C)c1ccc(C)cc1. The van der Waals surface area contributed by atoms with Crippen molar-refractivity contribution in [1.82, 2.24) is 15.5 Å². The van der Waals surface area contributed by atoms with Gasteiger partial charge in [0.15, 0.2) is 5.96 Å². The van der Waals surface area contributed by atoms with Gasteiger partial charge in [0, 0.05) is 39.8 Å². The van der Waals surface area contributed by atoms with E-state index < -0.39 is 0 Å². The summed E-state index contributed by atoms with van der Waals surface area (Å²) in [6.45, 7) is 5.75. The lowest BCUT2D eigenvalue weighted by Gasteiger charge is -2.17. The van der Waals surface area contributed by atoms with Gasteiger partial charge in [-0.1, -0.05) is 48.9 Å². The molecule has 1 unspecified atom stereocenters. The van der Waals surface area contributed by atoms with E-state index in [1.807, 2.05) is 24.3 Å². The van der Waals surface area contributed by atoms with Gasteiger partial charge in [-0.3, -0.25) is 9.79 Å². The molecule has 0 bridgehead atoms. The van der Waals surface area contributed by atoms with Crippen LogP contribution in [0.5, 0.6) is 0 Å². The van der Waals surface area contributed by atoms with Gasteiger partial charge in [-0.25, -0.2) is 0 Å². The maximum Gasteiger partial charge on any atom is 0.253 e. The number of carbonyl (C=O) groups excluding carboxylic acids is 1. The normalized spacial score (nSPS) is 12.4. The van der Waals surface area contributed by atoms with Crippen LogP contribution < -0.4 is 10.6 Å². The fraction of sp³-hybridized carbons (Fsp3) is 0.364. The van der Waals surface area contributed by atoms with E-state index >= 15 is 0 Å². The van der Waals surface area contributed by atoms with Crippen LogP contribution in [-0.2, 0) is 6.54 Å². The summed E-state index contributed by atoms with van der Waals surface area (Å²) in [5.41, 5.74) is 4.37. The van der Waals surface area contributed by atoms with Crippen LogP contribution in [0.25, 0.3) is 0 Å². The largest absolute Gasteiger partial charge is 0.356 e. The molecule has 0 aromatic heterocycles.